The minimum atomic E-state index is 0.523. The number of nitrogens with one attached hydrogen (secondary N) is 1. The Kier molecular flexibility index (Phi) is 3.56. The zero-order valence-corrected chi connectivity index (χ0v) is 13.3. The van der Waals surface area contributed by atoms with Crippen LogP contribution in [0.3, 0.4) is 0 Å². The predicted molar refractivity (Wildman–Crippen MR) is 88.1 cm³/mol. The number of rotatable bonds is 3. The molecule has 1 N–H and O–H groups in total. The molecule has 4 rings (SSSR count). The molecule has 0 spiro atoms. The highest BCUT2D eigenvalue weighted by molar-refractivity contribution is 7.10. The molecule has 0 amide bonds. The van der Waals surface area contributed by atoms with E-state index in [-0.39, 0.29) is 0 Å². The summed E-state index contributed by atoms with van der Waals surface area (Å²) in [7, 11) is 2.13. The summed E-state index contributed by atoms with van der Waals surface area (Å²) >= 11 is 1.94. The molecular weight excluding hydrogens is 276 g/mol. The normalized spacial score (nSPS) is 25.4. The molecule has 0 fully saturated rings. The van der Waals surface area contributed by atoms with Gasteiger partial charge in [0.15, 0.2) is 0 Å². The molecule has 3 heteroatoms. The molecule has 0 radical (unpaired) electrons. The SMILES string of the molecule is CNC(C1CCCc2sccc21)C1CCc2cccnc21. The van der Waals surface area contributed by atoms with E-state index in [1.165, 1.54) is 43.4 Å². The maximum atomic E-state index is 4.71. The molecular formula is C18H22N2S. The van der Waals surface area contributed by atoms with Gasteiger partial charge in [0.1, 0.15) is 0 Å². The lowest BCUT2D eigenvalue weighted by Gasteiger charge is -2.34. The largest absolute Gasteiger partial charge is 0.316 e. The molecule has 0 saturated carbocycles. The molecule has 21 heavy (non-hydrogen) atoms. The van der Waals surface area contributed by atoms with Gasteiger partial charge in [0.05, 0.1) is 0 Å². The van der Waals surface area contributed by atoms with Gasteiger partial charge in [-0.15, -0.1) is 11.3 Å². The number of pyridine rings is 1. The standard InChI is InChI=1S/C18H22N2S/c1-19-18(14-5-2-6-16-13(14)9-11-21-16)15-8-7-12-4-3-10-20-17(12)15/h3-4,9-11,14-15,18-19H,2,5-8H2,1H3. The van der Waals surface area contributed by atoms with Crippen molar-refractivity contribution in [2.45, 2.75) is 50.0 Å². The van der Waals surface area contributed by atoms with Gasteiger partial charge in [-0.05, 0) is 67.8 Å². The van der Waals surface area contributed by atoms with Crippen LogP contribution < -0.4 is 5.32 Å². The second-order valence-corrected chi connectivity index (χ2v) is 7.31. The monoisotopic (exact) mass is 298 g/mol. The Bertz CT molecular complexity index is 634. The number of fused-ring (bicyclic) bond motifs is 2. The highest BCUT2D eigenvalue weighted by Gasteiger charge is 2.37. The van der Waals surface area contributed by atoms with Gasteiger partial charge in [-0.2, -0.15) is 0 Å². The highest BCUT2D eigenvalue weighted by Crippen LogP contribution is 2.44. The Balaban J connectivity index is 1.68. The molecule has 3 atom stereocenters. The summed E-state index contributed by atoms with van der Waals surface area (Å²) in [6.45, 7) is 0. The summed E-state index contributed by atoms with van der Waals surface area (Å²) in [5.74, 6) is 1.23. The van der Waals surface area contributed by atoms with E-state index >= 15 is 0 Å². The zero-order valence-electron chi connectivity index (χ0n) is 12.5. The first kappa shape index (κ1) is 13.5. The van der Waals surface area contributed by atoms with Crippen molar-refractivity contribution in [1.29, 1.82) is 0 Å². The first-order valence-corrected chi connectivity index (χ1v) is 8.93. The van der Waals surface area contributed by atoms with Gasteiger partial charge in [0.25, 0.3) is 0 Å². The van der Waals surface area contributed by atoms with Crippen molar-refractivity contribution in [3.8, 4) is 0 Å². The lowest BCUT2D eigenvalue weighted by atomic mass is 9.77. The van der Waals surface area contributed by atoms with E-state index in [1.54, 1.807) is 10.4 Å². The maximum Gasteiger partial charge on any atom is 0.0482 e. The molecule has 2 aromatic rings. The van der Waals surface area contributed by atoms with E-state index in [0.717, 1.165) is 0 Å². The zero-order chi connectivity index (χ0) is 14.2. The van der Waals surface area contributed by atoms with Crippen molar-refractivity contribution < 1.29 is 0 Å². The summed E-state index contributed by atoms with van der Waals surface area (Å²) in [5.41, 5.74) is 4.42. The summed E-state index contributed by atoms with van der Waals surface area (Å²) in [6.07, 6.45) is 8.31. The Morgan fingerprint density at radius 1 is 1.24 bits per heavy atom. The lowest BCUT2D eigenvalue weighted by molar-refractivity contribution is 0.356. The average Bonchev–Trinajstić information content (AvgIpc) is 3.15. The molecule has 0 saturated heterocycles. The average molecular weight is 298 g/mol. The van der Waals surface area contributed by atoms with Crippen LogP contribution in [0.4, 0.5) is 0 Å². The van der Waals surface area contributed by atoms with Crippen molar-refractivity contribution in [2.24, 2.45) is 0 Å². The molecule has 2 aromatic heterocycles. The van der Waals surface area contributed by atoms with Gasteiger partial charge < -0.3 is 5.32 Å². The number of hydrogen-bond acceptors (Lipinski definition) is 3. The van der Waals surface area contributed by atoms with Crippen LogP contribution in [-0.2, 0) is 12.8 Å². The van der Waals surface area contributed by atoms with E-state index in [1.807, 2.05) is 17.5 Å². The molecule has 2 heterocycles. The number of aryl methyl sites for hydroxylation is 2. The minimum Gasteiger partial charge on any atom is -0.316 e. The minimum absolute atomic E-state index is 0.523. The fourth-order valence-corrected chi connectivity index (χ4v) is 5.37. The smallest absolute Gasteiger partial charge is 0.0482 e. The molecule has 110 valence electrons. The Morgan fingerprint density at radius 3 is 3.10 bits per heavy atom. The van der Waals surface area contributed by atoms with Gasteiger partial charge in [0.2, 0.25) is 0 Å². The van der Waals surface area contributed by atoms with E-state index in [0.29, 0.717) is 17.9 Å². The second kappa shape index (κ2) is 5.54. The topological polar surface area (TPSA) is 24.9 Å². The fraction of sp³-hybridized carbons (Fsp3) is 0.500. The molecule has 2 nitrogen and oxygen atoms in total. The van der Waals surface area contributed by atoms with E-state index in [2.05, 4.69) is 35.9 Å². The predicted octanol–water partition coefficient (Wildman–Crippen LogP) is 3.88. The van der Waals surface area contributed by atoms with Gasteiger partial charge in [-0.3, -0.25) is 4.98 Å². The quantitative estimate of drug-likeness (QED) is 0.930. The van der Waals surface area contributed by atoms with Crippen LogP contribution in [0.1, 0.15) is 52.8 Å². The molecule has 3 unspecified atom stereocenters. The highest BCUT2D eigenvalue weighted by atomic mass is 32.1. The fourth-order valence-electron chi connectivity index (χ4n) is 4.37. The van der Waals surface area contributed by atoms with Crippen molar-refractivity contribution in [2.75, 3.05) is 7.05 Å². The van der Waals surface area contributed by atoms with Crippen molar-refractivity contribution >= 4 is 11.3 Å². The van der Waals surface area contributed by atoms with Crippen LogP contribution in [0.2, 0.25) is 0 Å². The first-order valence-electron chi connectivity index (χ1n) is 8.06. The van der Waals surface area contributed by atoms with Crippen LogP contribution >= 0.6 is 11.3 Å². The van der Waals surface area contributed by atoms with Gasteiger partial charge in [0, 0.05) is 34.6 Å². The summed E-state index contributed by atoms with van der Waals surface area (Å²) in [6, 6.07) is 7.22. The third kappa shape index (κ3) is 2.23. The van der Waals surface area contributed by atoms with E-state index in [9.17, 15) is 0 Å². The number of thiophene rings is 1. The maximum absolute atomic E-state index is 4.71. The summed E-state index contributed by atoms with van der Waals surface area (Å²) in [4.78, 5) is 6.33. The molecule has 2 aliphatic rings. The van der Waals surface area contributed by atoms with E-state index < -0.39 is 0 Å². The third-order valence-corrected chi connectivity index (χ3v) is 6.30. The Hall–Kier alpha value is -1.19. The number of hydrogen-bond donors (Lipinski definition) is 1. The second-order valence-electron chi connectivity index (χ2n) is 6.31. The molecule has 0 bridgehead atoms. The molecule has 2 aliphatic carbocycles. The summed E-state index contributed by atoms with van der Waals surface area (Å²) in [5, 5.41) is 5.92. The van der Waals surface area contributed by atoms with Crippen molar-refractivity contribution in [3.63, 3.8) is 0 Å². The molecule has 0 aromatic carbocycles. The van der Waals surface area contributed by atoms with Crippen LogP contribution in [0.25, 0.3) is 0 Å². The van der Waals surface area contributed by atoms with Crippen LogP contribution in [-0.4, -0.2) is 18.1 Å². The van der Waals surface area contributed by atoms with E-state index in [4.69, 9.17) is 4.98 Å². The molecule has 0 aliphatic heterocycles. The van der Waals surface area contributed by atoms with Gasteiger partial charge in [-0.25, -0.2) is 0 Å². The summed E-state index contributed by atoms with van der Waals surface area (Å²) < 4.78 is 0. The number of nitrogens with zero attached hydrogens (tertiary/aromatic N) is 1. The Labute approximate surface area is 130 Å². The lowest BCUT2D eigenvalue weighted by Crippen LogP contribution is -2.38. The Morgan fingerprint density at radius 2 is 2.19 bits per heavy atom. The third-order valence-electron chi connectivity index (χ3n) is 5.30. The van der Waals surface area contributed by atoms with Gasteiger partial charge in [-0.1, -0.05) is 6.07 Å². The number of aromatic nitrogens is 1. The van der Waals surface area contributed by atoms with Crippen molar-refractivity contribution in [1.82, 2.24) is 10.3 Å². The van der Waals surface area contributed by atoms with Crippen molar-refractivity contribution in [3.05, 3.63) is 51.5 Å². The first-order chi connectivity index (χ1) is 10.4. The number of likely N-dealkylation sites (N-methyl/N-ethyl adjacent to an activating group) is 1. The van der Waals surface area contributed by atoms with Crippen LogP contribution in [0, 0.1) is 0 Å². The van der Waals surface area contributed by atoms with Crippen LogP contribution in [0.15, 0.2) is 29.8 Å². The van der Waals surface area contributed by atoms with Gasteiger partial charge >= 0.3 is 0 Å². The van der Waals surface area contributed by atoms with Crippen LogP contribution in [0.5, 0.6) is 0 Å².